The van der Waals surface area contributed by atoms with Crippen molar-refractivity contribution < 1.29 is 14.7 Å². The van der Waals surface area contributed by atoms with Gasteiger partial charge in [0.2, 0.25) is 0 Å². The van der Waals surface area contributed by atoms with Crippen LogP contribution in [0.15, 0.2) is 53.0 Å². The van der Waals surface area contributed by atoms with E-state index in [1.54, 1.807) is 24.3 Å². The van der Waals surface area contributed by atoms with Crippen molar-refractivity contribution in [3.05, 3.63) is 69.7 Å². The molecular weight excluding hydrogens is 346 g/mol. The molecule has 2 aromatic rings. The molecule has 1 amide bonds. The zero-order chi connectivity index (χ0) is 16.1. The molecule has 5 heteroatoms. The molecule has 0 spiro atoms. The van der Waals surface area contributed by atoms with E-state index < -0.39 is 12.0 Å². The van der Waals surface area contributed by atoms with Crippen LogP contribution in [0.1, 0.15) is 33.9 Å². The zero-order valence-electron chi connectivity index (χ0n) is 12.0. The van der Waals surface area contributed by atoms with Gasteiger partial charge in [-0.15, -0.1) is 0 Å². The maximum absolute atomic E-state index is 12.3. The first kappa shape index (κ1) is 16.2. The Balaban J connectivity index is 2.23. The monoisotopic (exact) mass is 360 g/mol. The molecule has 0 aliphatic heterocycles. The van der Waals surface area contributed by atoms with Crippen molar-refractivity contribution in [2.45, 2.75) is 19.4 Å². The minimum atomic E-state index is -1.21. The molecule has 0 fully saturated rings. The number of aliphatic carboxylic acids is 1. The van der Waals surface area contributed by atoms with Crippen LogP contribution in [-0.4, -0.2) is 11.9 Å². The molecule has 0 aliphatic carbocycles. The van der Waals surface area contributed by atoms with Gasteiger partial charge in [0.25, 0.3) is 5.91 Å². The molecule has 0 aliphatic rings. The third-order valence-corrected chi connectivity index (χ3v) is 3.97. The van der Waals surface area contributed by atoms with Crippen molar-refractivity contribution in [1.82, 2.24) is 5.32 Å². The van der Waals surface area contributed by atoms with Crippen molar-refractivity contribution in [1.29, 1.82) is 0 Å². The Morgan fingerprint density at radius 1 is 1.14 bits per heavy atom. The summed E-state index contributed by atoms with van der Waals surface area (Å²) in [5, 5.41) is 13.7. The van der Waals surface area contributed by atoms with Crippen molar-refractivity contribution in [3.63, 3.8) is 0 Å². The van der Waals surface area contributed by atoms with Crippen LogP contribution in [0.2, 0.25) is 0 Å². The highest BCUT2D eigenvalue weighted by Gasteiger charge is 2.17. The molecule has 4 nitrogen and oxygen atoms in total. The van der Waals surface area contributed by atoms with E-state index in [-0.39, 0.29) is 12.3 Å². The first-order chi connectivity index (χ1) is 10.5. The van der Waals surface area contributed by atoms with Crippen LogP contribution in [0.3, 0.4) is 0 Å². The molecule has 2 aromatic carbocycles. The number of rotatable bonds is 5. The second-order valence-corrected chi connectivity index (χ2v) is 5.85. The Morgan fingerprint density at radius 3 is 2.36 bits per heavy atom. The summed E-state index contributed by atoms with van der Waals surface area (Å²) >= 11 is 3.31. The largest absolute Gasteiger partial charge is 0.550 e. The first-order valence-electron chi connectivity index (χ1n) is 6.79. The summed E-state index contributed by atoms with van der Waals surface area (Å²) in [7, 11) is 0. The molecule has 0 aromatic heterocycles. The number of benzene rings is 2. The predicted octanol–water partition coefficient (Wildman–Crippen LogP) is 2.37. The number of amides is 1. The standard InChI is InChI=1S/C17H16BrNO3/c1-11-6-8-12(9-7-11)15(10-16(20)21)19-17(22)13-4-2-3-5-14(13)18/h2-9,15H,10H2,1H3,(H,19,22)(H,20,21)/p-1/t15-/m1/s1. The summed E-state index contributed by atoms with van der Waals surface area (Å²) in [4.78, 5) is 23.3. The van der Waals surface area contributed by atoms with Crippen LogP contribution < -0.4 is 10.4 Å². The third-order valence-electron chi connectivity index (χ3n) is 3.27. The quantitative estimate of drug-likeness (QED) is 0.889. The summed E-state index contributed by atoms with van der Waals surface area (Å²) in [5.74, 6) is -1.54. The lowest BCUT2D eigenvalue weighted by atomic mass is 10.0. The van der Waals surface area contributed by atoms with Gasteiger partial charge in [0.15, 0.2) is 0 Å². The Morgan fingerprint density at radius 2 is 1.77 bits per heavy atom. The number of hydrogen-bond acceptors (Lipinski definition) is 3. The number of carbonyl (C=O) groups excluding carboxylic acids is 2. The van der Waals surface area contributed by atoms with Gasteiger partial charge in [-0.3, -0.25) is 4.79 Å². The van der Waals surface area contributed by atoms with E-state index in [2.05, 4.69) is 21.2 Å². The summed E-state index contributed by atoms with van der Waals surface area (Å²) in [5.41, 5.74) is 2.25. The van der Waals surface area contributed by atoms with Crippen molar-refractivity contribution >= 4 is 27.8 Å². The topological polar surface area (TPSA) is 69.2 Å². The lowest BCUT2D eigenvalue weighted by molar-refractivity contribution is -0.306. The number of halogens is 1. The average molecular weight is 361 g/mol. The molecule has 1 N–H and O–H groups in total. The maximum atomic E-state index is 12.3. The van der Waals surface area contributed by atoms with Crippen LogP contribution in [-0.2, 0) is 4.79 Å². The number of nitrogens with one attached hydrogen (secondary N) is 1. The average Bonchev–Trinajstić information content (AvgIpc) is 2.47. The van der Waals surface area contributed by atoms with Crippen molar-refractivity contribution in [2.75, 3.05) is 0 Å². The van der Waals surface area contributed by atoms with Gasteiger partial charge in [0, 0.05) is 16.9 Å². The van der Waals surface area contributed by atoms with E-state index in [0.717, 1.165) is 11.1 Å². The van der Waals surface area contributed by atoms with Gasteiger partial charge in [0.1, 0.15) is 0 Å². The normalized spacial score (nSPS) is 11.7. The summed E-state index contributed by atoms with van der Waals surface area (Å²) in [6, 6.07) is 13.7. The zero-order valence-corrected chi connectivity index (χ0v) is 13.6. The molecule has 0 heterocycles. The summed E-state index contributed by atoms with van der Waals surface area (Å²) in [6.45, 7) is 1.94. The Labute approximate surface area is 137 Å². The van der Waals surface area contributed by atoms with Gasteiger partial charge < -0.3 is 15.2 Å². The minimum Gasteiger partial charge on any atom is -0.550 e. The van der Waals surface area contributed by atoms with Crippen molar-refractivity contribution in [3.8, 4) is 0 Å². The first-order valence-corrected chi connectivity index (χ1v) is 7.58. The van der Waals surface area contributed by atoms with Gasteiger partial charge in [-0.2, -0.15) is 0 Å². The number of carbonyl (C=O) groups is 2. The fourth-order valence-electron chi connectivity index (χ4n) is 2.10. The predicted molar refractivity (Wildman–Crippen MR) is 85.2 cm³/mol. The Hall–Kier alpha value is -2.14. The van der Waals surface area contributed by atoms with Crippen LogP contribution in [0, 0.1) is 6.92 Å². The van der Waals surface area contributed by atoms with Gasteiger partial charge in [-0.05, 0) is 40.5 Å². The highest BCUT2D eigenvalue weighted by Crippen LogP contribution is 2.20. The molecule has 0 unspecified atom stereocenters. The fourth-order valence-corrected chi connectivity index (χ4v) is 2.56. The molecule has 1 atom stereocenters. The van der Waals surface area contributed by atoms with E-state index in [4.69, 9.17) is 0 Å². The van der Waals surface area contributed by atoms with Crippen molar-refractivity contribution in [2.24, 2.45) is 0 Å². The second-order valence-electron chi connectivity index (χ2n) is 4.99. The van der Waals surface area contributed by atoms with Gasteiger partial charge in [0.05, 0.1) is 11.6 Å². The Kier molecular flexibility index (Phi) is 5.33. The highest BCUT2D eigenvalue weighted by atomic mass is 79.9. The van der Waals surface area contributed by atoms with E-state index in [1.165, 1.54) is 0 Å². The maximum Gasteiger partial charge on any atom is 0.252 e. The summed E-state index contributed by atoms with van der Waals surface area (Å²) in [6.07, 6.45) is -0.279. The smallest absolute Gasteiger partial charge is 0.252 e. The van der Waals surface area contributed by atoms with E-state index >= 15 is 0 Å². The minimum absolute atomic E-state index is 0.279. The number of carboxylic acids is 1. The fraction of sp³-hybridized carbons (Fsp3) is 0.176. The Bertz CT molecular complexity index is 683. The molecule has 0 saturated carbocycles. The number of carboxylic acid groups (broad SMARTS) is 1. The van der Waals surface area contributed by atoms with Gasteiger partial charge in [-0.25, -0.2) is 0 Å². The van der Waals surface area contributed by atoms with Gasteiger partial charge >= 0.3 is 0 Å². The number of hydrogen-bond donors (Lipinski definition) is 1. The van der Waals surface area contributed by atoms with E-state index in [9.17, 15) is 14.7 Å². The summed E-state index contributed by atoms with van der Waals surface area (Å²) < 4.78 is 0.656. The van der Waals surface area contributed by atoms with E-state index in [0.29, 0.717) is 10.0 Å². The molecule has 2 rings (SSSR count). The highest BCUT2D eigenvalue weighted by molar-refractivity contribution is 9.10. The second kappa shape index (κ2) is 7.22. The number of aryl methyl sites for hydroxylation is 1. The van der Waals surface area contributed by atoms with Crippen LogP contribution >= 0.6 is 15.9 Å². The van der Waals surface area contributed by atoms with Crippen LogP contribution in [0.5, 0.6) is 0 Å². The lowest BCUT2D eigenvalue weighted by Crippen LogP contribution is -2.34. The molecule has 0 bridgehead atoms. The molecular formula is C17H15BrNO3-. The molecule has 114 valence electrons. The molecule has 0 saturated heterocycles. The van der Waals surface area contributed by atoms with Crippen LogP contribution in [0.4, 0.5) is 0 Å². The third kappa shape index (κ3) is 4.18. The molecule has 22 heavy (non-hydrogen) atoms. The van der Waals surface area contributed by atoms with E-state index in [1.807, 2.05) is 31.2 Å². The SMILES string of the molecule is Cc1ccc([C@@H](CC(=O)[O-])NC(=O)c2ccccc2Br)cc1. The molecule has 0 radical (unpaired) electrons. The van der Waals surface area contributed by atoms with Crippen LogP contribution in [0.25, 0.3) is 0 Å². The lowest BCUT2D eigenvalue weighted by Gasteiger charge is -2.20. The van der Waals surface area contributed by atoms with Gasteiger partial charge in [-0.1, -0.05) is 42.0 Å².